The monoisotopic (exact) mass is 386 g/mol. The van der Waals surface area contributed by atoms with Crippen LogP contribution in [-0.4, -0.2) is 47.0 Å². The van der Waals surface area contributed by atoms with Crippen LogP contribution in [0, 0.1) is 0 Å². The molecule has 0 atom stereocenters. The Morgan fingerprint density at radius 1 is 1.04 bits per heavy atom. The lowest BCUT2D eigenvalue weighted by molar-refractivity contribution is -0.134. The van der Waals surface area contributed by atoms with Crippen LogP contribution >= 0.6 is 15.9 Å². The van der Waals surface area contributed by atoms with Gasteiger partial charge in [-0.25, -0.2) is 9.97 Å². The van der Waals surface area contributed by atoms with Crippen molar-refractivity contribution in [1.29, 1.82) is 0 Å². The quantitative estimate of drug-likeness (QED) is 0.813. The molecule has 2 aliphatic rings. The molecule has 1 aromatic heterocycles. The highest BCUT2D eigenvalue weighted by atomic mass is 79.9. The number of halogens is 1. The van der Waals surface area contributed by atoms with Crippen LogP contribution in [0.15, 0.2) is 47.2 Å². The van der Waals surface area contributed by atoms with Gasteiger partial charge in [-0.3, -0.25) is 4.79 Å². The number of aromatic nitrogens is 2. The topological polar surface area (TPSA) is 49.3 Å². The first-order valence-electron chi connectivity index (χ1n) is 8.26. The third kappa shape index (κ3) is 2.79. The minimum Gasteiger partial charge on any atom is -0.338 e. The molecule has 1 aliphatic heterocycles. The fourth-order valence-electron chi connectivity index (χ4n) is 3.40. The fraction of sp³-hybridized carbons (Fsp3) is 0.389. The SMILES string of the molecule is O=C(N1CCN(c2ncccn2)CC1)C1(c2cccc(Br)c2)CC1. The first-order valence-corrected chi connectivity index (χ1v) is 9.06. The highest BCUT2D eigenvalue weighted by Gasteiger charge is 2.53. The Hall–Kier alpha value is -1.95. The maximum Gasteiger partial charge on any atom is 0.233 e. The van der Waals surface area contributed by atoms with Crippen molar-refractivity contribution in [2.75, 3.05) is 31.1 Å². The minimum atomic E-state index is -0.296. The molecule has 24 heavy (non-hydrogen) atoms. The van der Waals surface area contributed by atoms with E-state index in [9.17, 15) is 4.79 Å². The second-order valence-corrected chi connectivity index (χ2v) is 7.34. The Labute approximate surface area is 149 Å². The summed E-state index contributed by atoms with van der Waals surface area (Å²) in [5, 5.41) is 0. The van der Waals surface area contributed by atoms with Gasteiger partial charge in [0.15, 0.2) is 0 Å². The molecule has 0 unspecified atom stereocenters. The van der Waals surface area contributed by atoms with Gasteiger partial charge in [0, 0.05) is 43.0 Å². The second-order valence-electron chi connectivity index (χ2n) is 6.42. The molecule has 0 spiro atoms. The largest absolute Gasteiger partial charge is 0.338 e. The molecule has 1 amide bonds. The lowest BCUT2D eigenvalue weighted by Crippen LogP contribution is -2.52. The van der Waals surface area contributed by atoms with Crippen molar-refractivity contribution in [2.24, 2.45) is 0 Å². The average molecular weight is 387 g/mol. The van der Waals surface area contributed by atoms with Gasteiger partial charge in [0.2, 0.25) is 11.9 Å². The number of hydrogen-bond acceptors (Lipinski definition) is 4. The summed E-state index contributed by atoms with van der Waals surface area (Å²) in [4.78, 5) is 25.8. The van der Waals surface area contributed by atoms with Gasteiger partial charge in [-0.05, 0) is 36.6 Å². The summed E-state index contributed by atoms with van der Waals surface area (Å²) >= 11 is 3.52. The molecule has 2 aromatic rings. The highest BCUT2D eigenvalue weighted by molar-refractivity contribution is 9.10. The number of nitrogens with zero attached hydrogens (tertiary/aromatic N) is 4. The van der Waals surface area contributed by atoms with Crippen LogP contribution in [0.3, 0.4) is 0 Å². The molecule has 0 N–H and O–H groups in total. The number of carbonyl (C=O) groups is 1. The number of carbonyl (C=O) groups excluding carboxylic acids is 1. The van der Waals surface area contributed by atoms with Crippen LogP contribution in [0.5, 0.6) is 0 Å². The molecule has 1 saturated heterocycles. The molecule has 5 nitrogen and oxygen atoms in total. The van der Waals surface area contributed by atoms with Crippen molar-refractivity contribution in [3.8, 4) is 0 Å². The zero-order valence-corrected chi connectivity index (χ0v) is 14.9. The normalized spacial score (nSPS) is 19.2. The summed E-state index contributed by atoms with van der Waals surface area (Å²) < 4.78 is 1.03. The summed E-state index contributed by atoms with van der Waals surface area (Å²) in [6.45, 7) is 3.02. The average Bonchev–Trinajstić information content (AvgIpc) is 3.44. The lowest BCUT2D eigenvalue weighted by Gasteiger charge is -2.36. The van der Waals surface area contributed by atoms with E-state index in [1.165, 1.54) is 0 Å². The number of rotatable bonds is 3. The van der Waals surface area contributed by atoms with Crippen molar-refractivity contribution < 1.29 is 4.79 Å². The van der Waals surface area contributed by atoms with E-state index < -0.39 is 0 Å². The lowest BCUT2D eigenvalue weighted by atomic mass is 9.94. The summed E-state index contributed by atoms with van der Waals surface area (Å²) in [6.07, 6.45) is 5.41. The molecule has 2 fully saturated rings. The molecule has 1 aromatic carbocycles. The first kappa shape index (κ1) is 15.6. The van der Waals surface area contributed by atoms with Crippen molar-refractivity contribution in [3.63, 3.8) is 0 Å². The van der Waals surface area contributed by atoms with Crippen LogP contribution < -0.4 is 4.90 Å². The number of amides is 1. The minimum absolute atomic E-state index is 0.272. The van der Waals surface area contributed by atoms with Gasteiger partial charge in [-0.2, -0.15) is 0 Å². The van der Waals surface area contributed by atoms with Gasteiger partial charge >= 0.3 is 0 Å². The summed E-state index contributed by atoms with van der Waals surface area (Å²) in [5.74, 6) is 1.02. The number of hydrogen-bond donors (Lipinski definition) is 0. The first-order chi connectivity index (χ1) is 11.7. The molecule has 1 saturated carbocycles. The van der Waals surface area contributed by atoms with E-state index in [1.54, 1.807) is 12.4 Å². The van der Waals surface area contributed by atoms with Gasteiger partial charge < -0.3 is 9.80 Å². The Morgan fingerprint density at radius 3 is 2.38 bits per heavy atom. The van der Waals surface area contributed by atoms with E-state index in [2.05, 4.69) is 42.9 Å². The van der Waals surface area contributed by atoms with E-state index in [-0.39, 0.29) is 11.3 Å². The smallest absolute Gasteiger partial charge is 0.233 e. The third-order valence-electron chi connectivity index (χ3n) is 4.94. The Balaban J connectivity index is 1.45. The van der Waals surface area contributed by atoms with Crippen LogP contribution in [-0.2, 0) is 10.2 Å². The van der Waals surface area contributed by atoms with Gasteiger partial charge in [-0.1, -0.05) is 28.1 Å². The zero-order valence-electron chi connectivity index (χ0n) is 13.4. The van der Waals surface area contributed by atoms with Crippen molar-refractivity contribution >= 4 is 27.8 Å². The molecule has 4 rings (SSSR count). The maximum atomic E-state index is 13.1. The van der Waals surface area contributed by atoms with E-state index >= 15 is 0 Å². The van der Waals surface area contributed by atoms with E-state index in [0.717, 1.165) is 55.0 Å². The number of anilines is 1. The maximum absolute atomic E-state index is 13.1. The highest BCUT2D eigenvalue weighted by Crippen LogP contribution is 2.50. The van der Waals surface area contributed by atoms with E-state index in [4.69, 9.17) is 0 Å². The zero-order chi connectivity index (χ0) is 16.6. The van der Waals surface area contributed by atoms with Gasteiger partial charge in [0.25, 0.3) is 0 Å². The predicted molar refractivity (Wildman–Crippen MR) is 95.9 cm³/mol. The Morgan fingerprint density at radius 2 is 1.75 bits per heavy atom. The molecule has 2 heterocycles. The predicted octanol–water partition coefficient (Wildman–Crippen LogP) is 2.62. The third-order valence-corrected chi connectivity index (χ3v) is 5.43. The summed E-state index contributed by atoms with van der Waals surface area (Å²) in [5.41, 5.74) is 0.838. The molecular formula is C18H19BrN4O. The fourth-order valence-corrected chi connectivity index (χ4v) is 3.80. The van der Waals surface area contributed by atoms with Crippen molar-refractivity contribution in [1.82, 2.24) is 14.9 Å². The van der Waals surface area contributed by atoms with Crippen molar-refractivity contribution in [2.45, 2.75) is 18.3 Å². The summed E-state index contributed by atoms with van der Waals surface area (Å²) in [7, 11) is 0. The Kier molecular flexibility index (Phi) is 4.00. The van der Waals surface area contributed by atoms with Crippen LogP contribution in [0.1, 0.15) is 18.4 Å². The standard InChI is InChI=1S/C18H19BrN4O/c19-15-4-1-3-14(13-15)18(5-6-18)16(24)22-9-11-23(12-10-22)17-20-7-2-8-21-17/h1-4,7-8,13H,5-6,9-12H2. The van der Waals surface area contributed by atoms with Crippen molar-refractivity contribution in [3.05, 3.63) is 52.8 Å². The van der Waals surface area contributed by atoms with Crippen LogP contribution in [0.4, 0.5) is 5.95 Å². The van der Waals surface area contributed by atoms with Crippen LogP contribution in [0.25, 0.3) is 0 Å². The van der Waals surface area contributed by atoms with E-state index in [0.29, 0.717) is 0 Å². The molecule has 6 heteroatoms. The van der Waals surface area contributed by atoms with Gasteiger partial charge in [0.1, 0.15) is 0 Å². The summed E-state index contributed by atoms with van der Waals surface area (Å²) in [6, 6.07) is 9.99. The molecule has 124 valence electrons. The number of benzene rings is 1. The molecule has 0 bridgehead atoms. The Bertz CT molecular complexity index is 740. The second kappa shape index (κ2) is 6.16. The van der Waals surface area contributed by atoms with E-state index in [1.807, 2.05) is 23.1 Å². The molecular weight excluding hydrogens is 368 g/mol. The molecule has 1 aliphatic carbocycles. The molecule has 0 radical (unpaired) electrons. The number of piperazine rings is 1. The van der Waals surface area contributed by atoms with Gasteiger partial charge in [0.05, 0.1) is 5.41 Å². The van der Waals surface area contributed by atoms with Crippen LogP contribution in [0.2, 0.25) is 0 Å². The van der Waals surface area contributed by atoms with Gasteiger partial charge in [-0.15, -0.1) is 0 Å².